The van der Waals surface area contributed by atoms with Gasteiger partial charge in [0.1, 0.15) is 12.0 Å². The van der Waals surface area contributed by atoms with E-state index in [1.807, 2.05) is 25.1 Å². The summed E-state index contributed by atoms with van der Waals surface area (Å²) in [5.74, 6) is 0.735. The number of nitrogen functional groups attached to an aromatic ring is 2. The van der Waals surface area contributed by atoms with Gasteiger partial charge in [-0.3, -0.25) is 0 Å². The quantitative estimate of drug-likeness (QED) is 0.661. The first-order valence-corrected chi connectivity index (χ1v) is 6.46. The molecule has 3 aromatic rings. The van der Waals surface area contributed by atoms with Gasteiger partial charge in [0, 0.05) is 0 Å². The number of hydrogen-bond donors (Lipinski definition) is 3. The Bertz CT molecular complexity index is 751. The first kappa shape index (κ1) is 11.7. The van der Waals surface area contributed by atoms with E-state index in [0.717, 1.165) is 20.9 Å². The summed E-state index contributed by atoms with van der Waals surface area (Å²) in [4.78, 5) is 12.4. The molecule has 0 fully saturated rings. The highest BCUT2D eigenvalue weighted by molar-refractivity contribution is 7.22. The summed E-state index contributed by atoms with van der Waals surface area (Å²) in [6, 6.07) is 6.07. The number of nitrogens with one attached hydrogen (secondary N) is 1. The van der Waals surface area contributed by atoms with Crippen molar-refractivity contribution in [2.45, 2.75) is 6.92 Å². The fourth-order valence-corrected chi connectivity index (χ4v) is 2.69. The van der Waals surface area contributed by atoms with Crippen LogP contribution in [0.3, 0.4) is 0 Å². The number of thiazole rings is 1. The molecule has 0 bridgehead atoms. The fraction of sp³-hybridized carbons (Fsp3) is 0.0833. The van der Waals surface area contributed by atoms with Crippen molar-refractivity contribution in [2.24, 2.45) is 0 Å². The van der Waals surface area contributed by atoms with E-state index in [0.29, 0.717) is 11.5 Å². The van der Waals surface area contributed by atoms with Crippen LogP contribution < -0.4 is 16.8 Å². The van der Waals surface area contributed by atoms with E-state index in [1.165, 1.54) is 6.33 Å². The molecule has 0 unspecified atom stereocenters. The average Bonchev–Trinajstić information content (AvgIpc) is 2.79. The molecule has 0 atom stereocenters. The summed E-state index contributed by atoms with van der Waals surface area (Å²) in [7, 11) is 0. The van der Waals surface area contributed by atoms with Crippen LogP contribution >= 0.6 is 11.3 Å². The number of rotatable bonds is 2. The highest BCUT2D eigenvalue weighted by Crippen LogP contribution is 2.31. The molecule has 0 spiro atoms. The third-order valence-electron chi connectivity index (χ3n) is 2.76. The van der Waals surface area contributed by atoms with Crippen LogP contribution in [0.4, 0.5) is 22.5 Å². The third kappa shape index (κ3) is 2.04. The van der Waals surface area contributed by atoms with E-state index >= 15 is 0 Å². The molecule has 0 aliphatic rings. The topological polar surface area (TPSA) is 103 Å². The number of nitrogens with zero attached hydrogens (tertiary/aromatic N) is 3. The van der Waals surface area contributed by atoms with E-state index in [2.05, 4.69) is 20.3 Å². The van der Waals surface area contributed by atoms with Crippen LogP contribution in [0.5, 0.6) is 0 Å². The van der Waals surface area contributed by atoms with Gasteiger partial charge in [0.05, 0.1) is 10.2 Å². The largest absolute Gasteiger partial charge is 0.393 e. The Morgan fingerprint density at radius 1 is 1.21 bits per heavy atom. The molecule has 7 heteroatoms. The second-order valence-electron chi connectivity index (χ2n) is 4.09. The summed E-state index contributed by atoms with van der Waals surface area (Å²) in [6.45, 7) is 2.03. The van der Waals surface area contributed by atoms with Gasteiger partial charge in [0.2, 0.25) is 0 Å². The molecule has 6 nitrogen and oxygen atoms in total. The lowest BCUT2D eigenvalue weighted by atomic mass is 10.2. The van der Waals surface area contributed by atoms with Crippen molar-refractivity contribution in [2.75, 3.05) is 16.8 Å². The Hall–Kier alpha value is -2.41. The van der Waals surface area contributed by atoms with Gasteiger partial charge in [-0.05, 0) is 18.6 Å². The average molecular weight is 272 g/mol. The van der Waals surface area contributed by atoms with Gasteiger partial charge in [-0.15, -0.1) is 0 Å². The van der Waals surface area contributed by atoms with Crippen molar-refractivity contribution in [1.29, 1.82) is 0 Å². The zero-order valence-electron chi connectivity index (χ0n) is 10.2. The van der Waals surface area contributed by atoms with Gasteiger partial charge < -0.3 is 16.8 Å². The zero-order chi connectivity index (χ0) is 13.4. The maximum Gasteiger partial charge on any atom is 0.189 e. The van der Waals surface area contributed by atoms with Crippen LogP contribution in [0.1, 0.15) is 5.56 Å². The van der Waals surface area contributed by atoms with Crippen LogP contribution in [0.25, 0.3) is 10.2 Å². The Balaban J connectivity index is 2.02. The third-order valence-corrected chi connectivity index (χ3v) is 3.70. The summed E-state index contributed by atoms with van der Waals surface area (Å²) >= 11 is 1.54. The maximum atomic E-state index is 5.82. The van der Waals surface area contributed by atoms with Crippen molar-refractivity contribution in [1.82, 2.24) is 15.0 Å². The molecule has 0 saturated heterocycles. The van der Waals surface area contributed by atoms with E-state index in [-0.39, 0.29) is 5.82 Å². The molecule has 2 aromatic heterocycles. The Morgan fingerprint density at radius 2 is 2.05 bits per heavy atom. The second kappa shape index (κ2) is 4.36. The van der Waals surface area contributed by atoms with Gasteiger partial charge in [-0.1, -0.05) is 23.5 Å². The van der Waals surface area contributed by atoms with Crippen molar-refractivity contribution < 1.29 is 0 Å². The minimum Gasteiger partial charge on any atom is -0.393 e. The summed E-state index contributed by atoms with van der Waals surface area (Å²) in [6.07, 6.45) is 1.37. The standard InChI is InChI=1S/C12H12N6S/c1-6-3-2-4-7-9(6)17-12(19-7)18-11-8(13)10(14)15-5-16-11/h2-5H,13H2,1H3,(H3,14,15,16,17,18). The van der Waals surface area contributed by atoms with E-state index < -0.39 is 0 Å². The molecule has 0 radical (unpaired) electrons. The first-order chi connectivity index (χ1) is 9.15. The minimum absolute atomic E-state index is 0.259. The maximum absolute atomic E-state index is 5.82. The zero-order valence-corrected chi connectivity index (χ0v) is 11.0. The molecule has 0 aliphatic heterocycles. The molecule has 19 heavy (non-hydrogen) atoms. The van der Waals surface area contributed by atoms with Gasteiger partial charge in [0.25, 0.3) is 0 Å². The summed E-state index contributed by atoms with van der Waals surface area (Å²) in [5.41, 5.74) is 13.9. The Morgan fingerprint density at radius 3 is 2.84 bits per heavy atom. The molecule has 0 aliphatic carbocycles. The molecule has 0 saturated carbocycles. The highest BCUT2D eigenvalue weighted by atomic mass is 32.1. The molecule has 1 aromatic carbocycles. The number of nitrogens with two attached hydrogens (primary N) is 2. The molecule has 2 heterocycles. The monoisotopic (exact) mass is 272 g/mol. The fourth-order valence-electron chi connectivity index (χ4n) is 1.75. The van der Waals surface area contributed by atoms with Crippen molar-refractivity contribution in [3.8, 4) is 0 Å². The predicted molar refractivity (Wildman–Crippen MR) is 78.5 cm³/mol. The van der Waals surface area contributed by atoms with Crippen molar-refractivity contribution in [3.05, 3.63) is 30.1 Å². The number of hydrogen-bond acceptors (Lipinski definition) is 7. The van der Waals surface area contributed by atoms with Gasteiger partial charge in [0.15, 0.2) is 16.8 Å². The lowest BCUT2D eigenvalue weighted by Crippen LogP contribution is -2.04. The lowest BCUT2D eigenvalue weighted by molar-refractivity contribution is 1.18. The van der Waals surface area contributed by atoms with Crippen molar-refractivity contribution >= 4 is 44.0 Å². The smallest absolute Gasteiger partial charge is 0.189 e. The van der Waals surface area contributed by atoms with E-state index in [1.54, 1.807) is 11.3 Å². The number of aryl methyl sites for hydroxylation is 1. The first-order valence-electron chi connectivity index (χ1n) is 5.64. The highest BCUT2D eigenvalue weighted by Gasteiger charge is 2.09. The number of benzene rings is 1. The minimum atomic E-state index is 0.259. The summed E-state index contributed by atoms with van der Waals surface area (Å²) in [5, 5.41) is 3.81. The molecule has 3 rings (SSSR count). The van der Waals surface area contributed by atoms with Crippen LogP contribution in [0.15, 0.2) is 24.5 Å². The summed E-state index contributed by atoms with van der Waals surface area (Å²) < 4.78 is 1.11. The second-order valence-corrected chi connectivity index (χ2v) is 5.12. The van der Waals surface area contributed by atoms with E-state index in [9.17, 15) is 0 Å². The van der Waals surface area contributed by atoms with Crippen LogP contribution in [-0.4, -0.2) is 15.0 Å². The van der Waals surface area contributed by atoms with Crippen LogP contribution in [-0.2, 0) is 0 Å². The normalized spacial score (nSPS) is 10.8. The number of aromatic nitrogens is 3. The van der Waals surface area contributed by atoms with Crippen LogP contribution in [0, 0.1) is 6.92 Å². The molecule has 5 N–H and O–H groups in total. The SMILES string of the molecule is Cc1cccc2sc(Nc3ncnc(N)c3N)nc12. The molecule has 0 amide bonds. The molecular weight excluding hydrogens is 260 g/mol. The van der Waals surface area contributed by atoms with Gasteiger partial charge in [-0.25, -0.2) is 15.0 Å². The number of para-hydroxylation sites is 1. The number of anilines is 4. The van der Waals surface area contributed by atoms with Crippen molar-refractivity contribution in [3.63, 3.8) is 0 Å². The van der Waals surface area contributed by atoms with Gasteiger partial charge in [-0.2, -0.15) is 0 Å². The molecular formula is C12H12N6S. The predicted octanol–water partition coefficient (Wildman–Crippen LogP) is 2.30. The van der Waals surface area contributed by atoms with E-state index in [4.69, 9.17) is 11.5 Å². The lowest BCUT2D eigenvalue weighted by Gasteiger charge is -2.05. The van der Waals surface area contributed by atoms with Gasteiger partial charge >= 0.3 is 0 Å². The number of fused-ring (bicyclic) bond motifs is 1. The Labute approximate surface area is 113 Å². The van der Waals surface area contributed by atoms with Crippen LogP contribution in [0.2, 0.25) is 0 Å². The Kier molecular flexibility index (Phi) is 2.68. The molecule has 96 valence electrons.